The molecule has 0 spiro atoms. The highest BCUT2D eigenvalue weighted by molar-refractivity contribution is 5.91. The lowest BCUT2D eigenvalue weighted by molar-refractivity contribution is -0.138. The lowest BCUT2D eigenvalue weighted by Gasteiger charge is -2.27. The molecule has 0 saturated carbocycles. The van der Waals surface area contributed by atoms with E-state index in [1.807, 2.05) is 0 Å². The highest BCUT2D eigenvalue weighted by Crippen LogP contribution is 2.22. The number of hydrogen-bond acceptors (Lipinski definition) is 5. The normalized spacial score (nSPS) is 19.0. The number of aliphatic carboxylic acids is 1. The van der Waals surface area contributed by atoms with E-state index in [1.54, 1.807) is 31.1 Å². The minimum absolute atomic E-state index is 0.222. The largest absolute Gasteiger partial charge is 0.480 e. The van der Waals surface area contributed by atoms with Gasteiger partial charge >= 0.3 is 5.97 Å². The average Bonchev–Trinajstić information content (AvgIpc) is 2.72. The molecular formula is C14H20N4O3. The fourth-order valence-electron chi connectivity index (χ4n) is 2.46. The molecule has 1 aromatic heterocycles. The molecule has 7 heteroatoms. The van der Waals surface area contributed by atoms with Crippen molar-refractivity contribution >= 4 is 17.7 Å². The van der Waals surface area contributed by atoms with Gasteiger partial charge in [-0.3, -0.25) is 4.79 Å². The summed E-state index contributed by atoms with van der Waals surface area (Å²) in [6.07, 6.45) is 3.46. The van der Waals surface area contributed by atoms with Crippen LogP contribution in [0.3, 0.4) is 0 Å². The quantitative estimate of drug-likeness (QED) is 0.894. The van der Waals surface area contributed by atoms with Gasteiger partial charge in [-0.25, -0.2) is 4.79 Å². The summed E-state index contributed by atoms with van der Waals surface area (Å²) in [4.78, 5) is 26.4. The zero-order valence-corrected chi connectivity index (χ0v) is 12.3. The number of aromatic nitrogens is 2. The van der Waals surface area contributed by atoms with Crippen LogP contribution in [0.4, 0.5) is 5.82 Å². The molecule has 1 aliphatic heterocycles. The monoisotopic (exact) mass is 292 g/mol. The fraction of sp³-hybridized carbons (Fsp3) is 0.571. The highest BCUT2D eigenvalue weighted by Gasteiger charge is 2.28. The minimum Gasteiger partial charge on any atom is -0.480 e. The second-order valence-corrected chi connectivity index (χ2v) is 5.37. The molecule has 2 heterocycles. The zero-order valence-electron chi connectivity index (χ0n) is 12.3. The first-order valence-corrected chi connectivity index (χ1v) is 7.05. The molecule has 1 unspecified atom stereocenters. The van der Waals surface area contributed by atoms with E-state index >= 15 is 0 Å². The molecule has 7 nitrogen and oxygen atoms in total. The van der Waals surface area contributed by atoms with Gasteiger partial charge in [0.15, 0.2) is 11.5 Å². The third kappa shape index (κ3) is 3.48. The second kappa shape index (κ2) is 6.51. The van der Waals surface area contributed by atoms with Crippen molar-refractivity contribution in [3.8, 4) is 0 Å². The first-order chi connectivity index (χ1) is 10.0. The lowest BCUT2D eigenvalue weighted by atomic mass is 10.1. The highest BCUT2D eigenvalue weighted by atomic mass is 16.4. The Bertz CT molecular complexity index is 515. The van der Waals surface area contributed by atoms with Crippen molar-refractivity contribution < 1.29 is 14.7 Å². The molecule has 1 amide bonds. The number of hydrogen-bond donors (Lipinski definition) is 1. The first kappa shape index (κ1) is 15.2. The molecule has 0 aromatic carbocycles. The van der Waals surface area contributed by atoms with Gasteiger partial charge in [-0.2, -0.15) is 0 Å². The number of nitrogens with zero attached hydrogens (tertiary/aromatic N) is 4. The molecule has 0 radical (unpaired) electrons. The molecular weight excluding hydrogens is 272 g/mol. The smallest absolute Gasteiger partial charge is 0.326 e. The van der Waals surface area contributed by atoms with Gasteiger partial charge in [-0.15, -0.1) is 10.2 Å². The molecule has 1 aromatic rings. The van der Waals surface area contributed by atoms with Crippen molar-refractivity contribution in [3.63, 3.8) is 0 Å². The van der Waals surface area contributed by atoms with Gasteiger partial charge in [0.1, 0.15) is 6.04 Å². The van der Waals surface area contributed by atoms with Crippen LogP contribution in [-0.2, 0) is 4.79 Å². The molecule has 2 rings (SSSR count). The standard InChI is InChI=1S/C14H20N4O3/c1-17(2)13(19)10-7-8-12(16-15-10)18-9-5-3-4-6-11(18)14(20)21/h7-8,11H,3-6,9H2,1-2H3,(H,20,21). The van der Waals surface area contributed by atoms with Crippen LogP contribution >= 0.6 is 0 Å². The van der Waals surface area contributed by atoms with Crippen molar-refractivity contribution in [3.05, 3.63) is 17.8 Å². The molecule has 114 valence electrons. The molecule has 1 fully saturated rings. The topological polar surface area (TPSA) is 86.6 Å². The summed E-state index contributed by atoms with van der Waals surface area (Å²) in [6.45, 7) is 0.645. The van der Waals surface area contributed by atoms with Gasteiger partial charge in [0, 0.05) is 20.6 Å². The Balaban J connectivity index is 2.23. The summed E-state index contributed by atoms with van der Waals surface area (Å²) in [6, 6.07) is 2.69. The van der Waals surface area contributed by atoms with E-state index in [1.165, 1.54) is 4.90 Å². The molecule has 21 heavy (non-hydrogen) atoms. The summed E-state index contributed by atoms with van der Waals surface area (Å²) in [5.41, 5.74) is 0.255. The van der Waals surface area contributed by atoms with Crippen LogP contribution in [0.1, 0.15) is 36.2 Å². The summed E-state index contributed by atoms with van der Waals surface area (Å²) >= 11 is 0. The van der Waals surface area contributed by atoms with Crippen molar-refractivity contribution in [1.29, 1.82) is 0 Å². The van der Waals surface area contributed by atoms with Crippen LogP contribution in [-0.4, -0.2) is 58.8 Å². The Labute approximate surface area is 123 Å². The van der Waals surface area contributed by atoms with Crippen molar-refractivity contribution in [2.75, 3.05) is 25.5 Å². The minimum atomic E-state index is -0.841. The maximum Gasteiger partial charge on any atom is 0.326 e. The Morgan fingerprint density at radius 1 is 1.24 bits per heavy atom. The third-order valence-corrected chi connectivity index (χ3v) is 3.61. The SMILES string of the molecule is CN(C)C(=O)c1ccc(N2CCCCCC2C(=O)O)nn1. The van der Waals surface area contributed by atoms with Gasteiger partial charge < -0.3 is 14.9 Å². The van der Waals surface area contributed by atoms with Crippen LogP contribution in [0.2, 0.25) is 0 Å². The summed E-state index contributed by atoms with van der Waals surface area (Å²) in [5.74, 6) is -0.550. The van der Waals surface area contributed by atoms with Crippen molar-refractivity contribution in [2.24, 2.45) is 0 Å². The van der Waals surface area contributed by atoms with Crippen LogP contribution < -0.4 is 4.90 Å². The van der Waals surface area contributed by atoms with Crippen LogP contribution in [0.25, 0.3) is 0 Å². The maximum absolute atomic E-state index is 11.8. The van der Waals surface area contributed by atoms with Gasteiger partial charge in [-0.05, 0) is 25.0 Å². The van der Waals surface area contributed by atoms with Crippen LogP contribution in [0, 0.1) is 0 Å². The van der Waals surface area contributed by atoms with Gasteiger partial charge in [0.2, 0.25) is 0 Å². The Hall–Kier alpha value is -2.18. The molecule has 1 atom stereocenters. The number of anilines is 1. The Kier molecular flexibility index (Phi) is 4.72. The predicted molar refractivity (Wildman–Crippen MR) is 77.3 cm³/mol. The maximum atomic E-state index is 11.8. The van der Waals surface area contributed by atoms with Gasteiger partial charge in [0.05, 0.1) is 0 Å². The molecule has 0 aliphatic carbocycles. The molecule has 1 N–H and O–H groups in total. The number of amides is 1. The van der Waals surface area contributed by atoms with E-state index < -0.39 is 12.0 Å². The average molecular weight is 292 g/mol. The lowest BCUT2D eigenvalue weighted by Crippen LogP contribution is -2.41. The Morgan fingerprint density at radius 3 is 2.57 bits per heavy atom. The van der Waals surface area contributed by atoms with E-state index in [-0.39, 0.29) is 11.6 Å². The summed E-state index contributed by atoms with van der Waals surface area (Å²) in [7, 11) is 3.29. The van der Waals surface area contributed by atoms with Crippen molar-refractivity contribution in [2.45, 2.75) is 31.7 Å². The Morgan fingerprint density at radius 2 is 2.00 bits per heavy atom. The number of carbonyl (C=O) groups is 2. The summed E-state index contributed by atoms with van der Waals surface area (Å²) in [5, 5.41) is 17.3. The fourth-order valence-corrected chi connectivity index (χ4v) is 2.46. The van der Waals surface area contributed by atoms with E-state index in [2.05, 4.69) is 10.2 Å². The third-order valence-electron chi connectivity index (χ3n) is 3.61. The first-order valence-electron chi connectivity index (χ1n) is 7.05. The van der Waals surface area contributed by atoms with Crippen LogP contribution in [0.15, 0.2) is 12.1 Å². The van der Waals surface area contributed by atoms with E-state index in [9.17, 15) is 14.7 Å². The van der Waals surface area contributed by atoms with Gasteiger partial charge in [0.25, 0.3) is 5.91 Å². The second-order valence-electron chi connectivity index (χ2n) is 5.37. The number of carbonyl (C=O) groups excluding carboxylic acids is 1. The summed E-state index contributed by atoms with van der Waals surface area (Å²) < 4.78 is 0. The van der Waals surface area contributed by atoms with E-state index in [0.29, 0.717) is 18.8 Å². The van der Waals surface area contributed by atoms with E-state index in [0.717, 1.165) is 19.3 Å². The molecule has 1 aliphatic rings. The van der Waals surface area contributed by atoms with Gasteiger partial charge in [-0.1, -0.05) is 12.8 Å². The van der Waals surface area contributed by atoms with E-state index in [4.69, 9.17) is 0 Å². The molecule has 1 saturated heterocycles. The zero-order chi connectivity index (χ0) is 15.4. The predicted octanol–water partition coefficient (Wildman–Crippen LogP) is 1.01. The number of carboxylic acid groups (broad SMARTS) is 1. The van der Waals surface area contributed by atoms with Crippen molar-refractivity contribution in [1.82, 2.24) is 15.1 Å². The van der Waals surface area contributed by atoms with Crippen LogP contribution in [0.5, 0.6) is 0 Å². The number of carboxylic acids is 1. The molecule has 0 bridgehead atoms. The number of rotatable bonds is 3.